The number of rotatable bonds is 4. The number of nitrogens with zero attached hydrogens (tertiary/aromatic N) is 1. The smallest absolute Gasteiger partial charge is 0.312 e. The predicted molar refractivity (Wildman–Crippen MR) is 94.1 cm³/mol. The fraction of sp³-hybridized carbons (Fsp3) is 0.316. The number of aromatic nitrogens is 1. The van der Waals surface area contributed by atoms with E-state index in [0.717, 1.165) is 0 Å². The van der Waals surface area contributed by atoms with E-state index in [2.05, 4.69) is 4.98 Å². The molecule has 2 heterocycles. The summed E-state index contributed by atoms with van der Waals surface area (Å²) in [4.78, 5) is 40.6. The molecule has 0 bridgehead atoms. The molecule has 0 aliphatic carbocycles. The Labute approximate surface area is 145 Å². The largest absolute Gasteiger partial charge is 0.481 e. The minimum Gasteiger partial charge on any atom is -0.481 e. The van der Waals surface area contributed by atoms with Crippen molar-refractivity contribution in [2.24, 2.45) is 5.92 Å². The summed E-state index contributed by atoms with van der Waals surface area (Å²) in [5, 5.41) is 9.42. The summed E-state index contributed by atoms with van der Waals surface area (Å²) in [6, 6.07) is 9.94. The number of para-hydroxylation sites is 1. The zero-order valence-electron chi connectivity index (χ0n) is 14.2. The lowest BCUT2D eigenvalue weighted by Gasteiger charge is -2.18. The molecule has 6 nitrogen and oxygen atoms in total. The van der Waals surface area contributed by atoms with Gasteiger partial charge in [-0.25, -0.2) is 0 Å². The van der Waals surface area contributed by atoms with Gasteiger partial charge in [0.2, 0.25) is 5.56 Å². The summed E-state index contributed by atoms with van der Waals surface area (Å²) in [6.07, 6.45) is 0.657. The van der Waals surface area contributed by atoms with Gasteiger partial charge in [-0.05, 0) is 30.0 Å². The van der Waals surface area contributed by atoms with E-state index in [9.17, 15) is 19.5 Å². The number of carboxylic acid groups (broad SMARTS) is 1. The van der Waals surface area contributed by atoms with Gasteiger partial charge in [0, 0.05) is 29.6 Å². The van der Waals surface area contributed by atoms with E-state index in [0.29, 0.717) is 29.3 Å². The summed E-state index contributed by atoms with van der Waals surface area (Å²) < 4.78 is 0. The average Bonchev–Trinajstić information content (AvgIpc) is 2.92. The molecule has 1 aromatic carbocycles. The van der Waals surface area contributed by atoms with Crippen molar-refractivity contribution >= 4 is 17.6 Å². The van der Waals surface area contributed by atoms with E-state index in [4.69, 9.17) is 0 Å². The average molecular weight is 340 g/mol. The van der Waals surface area contributed by atoms with Gasteiger partial charge in [0.1, 0.15) is 5.92 Å². The topological polar surface area (TPSA) is 90.5 Å². The van der Waals surface area contributed by atoms with Crippen LogP contribution >= 0.6 is 0 Å². The van der Waals surface area contributed by atoms with Crippen molar-refractivity contribution in [2.75, 3.05) is 11.4 Å². The standard InChI is InChI=1S/C19H20N2O4/c1-11(2)7-13-8-12(9-17(22)20-13)18(23)21-10-15(19(24)25)14-5-3-4-6-16(14)21/h3-6,8-9,11,15H,7,10H2,1-2H3,(H,20,22)(H,24,25)/t15-/m0/s1. The van der Waals surface area contributed by atoms with Crippen LogP contribution in [-0.4, -0.2) is 28.5 Å². The molecule has 0 saturated heterocycles. The molecule has 0 fully saturated rings. The number of hydrogen-bond donors (Lipinski definition) is 2. The highest BCUT2D eigenvalue weighted by atomic mass is 16.4. The molecule has 0 saturated carbocycles. The zero-order valence-corrected chi connectivity index (χ0v) is 14.2. The molecule has 1 atom stereocenters. The van der Waals surface area contributed by atoms with E-state index in [1.54, 1.807) is 30.3 Å². The number of nitrogens with one attached hydrogen (secondary N) is 1. The Bertz CT molecular complexity index is 885. The number of carboxylic acids is 1. The van der Waals surface area contributed by atoms with Crippen LogP contribution in [0, 0.1) is 5.92 Å². The van der Waals surface area contributed by atoms with Crippen LogP contribution in [0.2, 0.25) is 0 Å². The van der Waals surface area contributed by atoms with Crippen LogP contribution in [0.4, 0.5) is 5.69 Å². The Balaban J connectivity index is 1.98. The molecule has 1 amide bonds. The molecular formula is C19H20N2O4. The molecule has 2 aromatic rings. The molecule has 0 unspecified atom stereocenters. The Morgan fingerprint density at radius 3 is 2.68 bits per heavy atom. The van der Waals surface area contributed by atoms with Gasteiger partial charge in [-0.2, -0.15) is 0 Å². The molecule has 6 heteroatoms. The first kappa shape index (κ1) is 17.0. The van der Waals surface area contributed by atoms with Crippen molar-refractivity contribution in [1.82, 2.24) is 4.98 Å². The number of anilines is 1. The van der Waals surface area contributed by atoms with E-state index in [1.165, 1.54) is 11.0 Å². The van der Waals surface area contributed by atoms with Crippen molar-refractivity contribution < 1.29 is 14.7 Å². The number of aliphatic carboxylic acids is 1. The lowest BCUT2D eigenvalue weighted by Crippen LogP contribution is -2.32. The van der Waals surface area contributed by atoms with Crippen LogP contribution in [0.15, 0.2) is 41.2 Å². The van der Waals surface area contributed by atoms with Crippen molar-refractivity contribution in [2.45, 2.75) is 26.2 Å². The summed E-state index contributed by atoms with van der Waals surface area (Å²) in [7, 11) is 0. The second kappa shape index (κ2) is 6.55. The Kier molecular flexibility index (Phi) is 4.44. The molecule has 1 aliphatic rings. The molecule has 3 rings (SSSR count). The third-order valence-electron chi connectivity index (χ3n) is 4.29. The number of hydrogen-bond acceptors (Lipinski definition) is 3. The van der Waals surface area contributed by atoms with Gasteiger partial charge >= 0.3 is 5.97 Å². The van der Waals surface area contributed by atoms with Crippen LogP contribution in [0.25, 0.3) is 0 Å². The predicted octanol–water partition coefficient (Wildman–Crippen LogP) is 2.40. The van der Waals surface area contributed by atoms with Crippen molar-refractivity contribution in [3.05, 3.63) is 63.6 Å². The molecule has 0 radical (unpaired) electrons. The second-order valence-electron chi connectivity index (χ2n) is 6.72. The van der Waals surface area contributed by atoms with Gasteiger partial charge in [0.25, 0.3) is 5.91 Å². The maximum absolute atomic E-state index is 12.9. The quantitative estimate of drug-likeness (QED) is 0.894. The highest BCUT2D eigenvalue weighted by Gasteiger charge is 2.36. The third-order valence-corrected chi connectivity index (χ3v) is 4.29. The summed E-state index contributed by atoms with van der Waals surface area (Å²) in [6.45, 7) is 4.13. The lowest BCUT2D eigenvalue weighted by atomic mass is 10.0. The van der Waals surface area contributed by atoms with E-state index in [-0.39, 0.29) is 23.6 Å². The number of carbonyl (C=O) groups is 2. The first-order chi connectivity index (χ1) is 11.9. The number of fused-ring (bicyclic) bond motifs is 1. The van der Waals surface area contributed by atoms with E-state index < -0.39 is 11.9 Å². The van der Waals surface area contributed by atoms with Crippen LogP contribution < -0.4 is 10.5 Å². The summed E-state index contributed by atoms with van der Waals surface area (Å²) >= 11 is 0. The molecular weight excluding hydrogens is 320 g/mol. The molecule has 25 heavy (non-hydrogen) atoms. The zero-order chi connectivity index (χ0) is 18.1. The van der Waals surface area contributed by atoms with Gasteiger partial charge in [-0.15, -0.1) is 0 Å². The number of benzene rings is 1. The number of amides is 1. The van der Waals surface area contributed by atoms with Crippen LogP contribution in [0.5, 0.6) is 0 Å². The molecule has 1 aliphatic heterocycles. The minimum absolute atomic E-state index is 0.0693. The summed E-state index contributed by atoms with van der Waals surface area (Å²) in [5.41, 5.74) is 1.86. The maximum Gasteiger partial charge on any atom is 0.312 e. The Morgan fingerprint density at radius 1 is 1.28 bits per heavy atom. The molecule has 130 valence electrons. The SMILES string of the molecule is CC(C)Cc1cc(C(=O)N2C[C@H](C(=O)O)c3ccccc32)cc(=O)[nH]1. The highest BCUT2D eigenvalue weighted by molar-refractivity contribution is 6.08. The maximum atomic E-state index is 12.9. The van der Waals surface area contributed by atoms with E-state index in [1.807, 2.05) is 13.8 Å². The van der Waals surface area contributed by atoms with Gasteiger partial charge in [-0.3, -0.25) is 14.4 Å². The molecule has 1 aromatic heterocycles. The number of H-pyrrole nitrogens is 1. The van der Waals surface area contributed by atoms with Gasteiger partial charge in [-0.1, -0.05) is 32.0 Å². The fourth-order valence-corrected chi connectivity index (χ4v) is 3.24. The van der Waals surface area contributed by atoms with E-state index >= 15 is 0 Å². The monoisotopic (exact) mass is 340 g/mol. The number of aromatic amines is 1. The lowest BCUT2D eigenvalue weighted by molar-refractivity contribution is -0.138. The molecule has 0 spiro atoms. The number of carbonyl (C=O) groups excluding carboxylic acids is 1. The van der Waals surface area contributed by atoms with Crippen LogP contribution in [0.1, 0.15) is 41.4 Å². The van der Waals surface area contributed by atoms with Crippen molar-refractivity contribution in [3.8, 4) is 0 Å². The Hall–Kier alpha value is -2.89. The van der Waals surface area contributed by atoms with Crippen LogP contribution in [0.3, 0.4) is 0 Å². The van der Waals surface area contributed by atoms with Gasteiger partial charge in [0.15, 0.2) is 0 Å². The van der Waals surface area contributed by atoms with Gasteiger partial charge < -0.3 is 15.0 Å². The van der Waals surface area contributed by atoms with Crippen molar-refractivity contribution in [1.29, 1.82) is 0 Å². The minimum atomic E-state index is -0.964. The summed E-state index contributed by atoms with van der Waals surface area (Å²) in [5.74, 6) is -1.73. The normalized spacial score (nSPS) is 16.1. The number of pyridine rings is 1. The molecule has 2 N–H and O–H groups in total. The highest BCUT2D eigenvalue weighted by Crippen LogP contribution is 2.37. The van der Waals surface area contributed by atoms with Crippen LogP contribution in [-0.2, 0) is 11.2 Å². The first-order valence-corrected chi connectivity index (χ1v) is 8.23. The third kappa shape index (κ3) is 3.33. The van der Waals surface area contributed by atoms with Crippen molar-refractivity contribution in [3.63, 3.8) is 0 Å². The first-order valence-electron chi connectivity index (χ1n) is 8.23. The fourth-order valence-electron chi connectivity index (χ4n) is 3.24. The second-order valence-corrected chi connectivity index (χ2v) is 6.72. The Morgan fingerprint density at radius 2 is 2.00 bits per heavy atom. The van der Waals surface area contributed by atoms with Gasteiger partial charge in [0.05, 0.1) is 0 Å².